The second kappa shape index (κ2) is 6.76. The Morgan fingerprint density at radius 3 is 2.27 bits per heavy atom. The first-order valence-corrected chi connectivity index (χ1v) is 13.7. The van der Waals surface area contributed by atoms with Crippen molar-refractivity contribution in [2.45, 2.75) is 128 Å². The summed E-state index contributed by atoms with van der Waals surface area (Å²) in [5.41, 5.74) is -1.45. The van der Waals surface area contributed by atoms with Crippen LogP contribution in [0.25, 0.3) is 0 Å². The zero-order valence-electron chi connectivity index (χ0n) is 21.5. The third kappa shape index (κ3) is 2.78. The second-order valence-corrected chi connectivity index (χ2v) is 14.4. The molecule has 0 amide bonds. The molecular formula is C28H46O5. The molecule has 0 aromatic carbocycles. The number of fused-ring (bicyclic) bond motifs is 7. The van der Waals surface area contributed by atoms with Gasteiger partial charge in [-0.15, -0.1) is 0 Å². The zero-order chi connectivity index (χ0) is 23.8. The number of hydrogen-bond donors (Lipinski definition) is 3. The highest BCUT2D eigenvalue weighted by Gasteiger charge is 2.77. The van der Waals surface area contributed by atoms with Crippen LogP contribution < -0.4 is 0 Å². The van der Waals surface area contributed by atoms with Gasteiger partial charge in [-0.2, -0.15) is 0 Å². The summed E-state index contributed by atoms with van der Waals surface area (Å²) < 4.78 is 13.3. The number of aliphatic hydroxyl groups excluding tert-OH is 2. The molecule has 1 spiro atoms. The molecule has 3 N–H and O–H groups in total. The highest BCUT2D eigenvalue weighted by Crippen LogP contribution is 2.72. The largest absolute Gasteiger partial charge is 0.393 e. The highest BCUT2D eigenvalue weighted by molar-refractivity contribution is 5.22. The Kier molecular flexibility index (Phi) is 4.76. The lowest BCUT2D eigenvalue weighted by Gasteiger charge is -2.63. The Bertz CT molecular complexity index is 825. The van der Waals surface area contributed by atoms with Crippen LogP contribution in [0.5, 0.6) is 0 Å². The fraction of sp³-hybridized carbons (Fsp3) is 1.00. The fourth-order valence-corrected chi connectivity index (χ4v) is 10.7. The van der Waals surface area contributed by atoms with Gasteiger partial charge in [-0.1, -0.05) is 20.8 Å². The fourth-order valence-electron chi connectivity index (χ4n) is 10.7. The minimum absolute atomic E-state index is 0.0132. The van der Waals surface area contributed by atoms with Gasteiger partial charge < -0.3 is 24.8 Å². The average Bonchev–Trinajstić information content (AvgIpc) is 3.20. The summed E-state index contributed by atoms with van der Waals surface area (Å²) in [5, 5.41) is 34.2. The molecule has 2 saturated heterocycles. The summed E-state index contributed by atoms with van der Waals surface area (Å²) in [7, 11) is 0. The average molecular weight is 463 g/mol. The number of ether oxygens (including phenoxy) is 2. The third-order valence-electron chi connectivity index (χ3n) is 12.5. The van der Waals surface area contributed by atoms with Crippen molar-refractivity contribution in [2.75, 3.05) is 0 Å². The molecular weight excluding hydrogens is 416 g/mol. The van der Waals surface area contributed by atoms with Crippen LogP contribution in [0.15, 0.2) is 0 Å². The Hall–Kier alpha value is -0.200. The molecule has 4 saturated carbocycles. The maximum Gasteiger partial charge on any atom is 0.198 e. The van der Waals surface area contributed by atoms with Crippen LogP contribution in [0.3, 0.4) is 0 Å². The van der Waals surface area contributed by atoms with Crippen LogP contribution >= 0.6 is 0 Å². The molecule has 4 aliphatic carbocycles. The molecule has 0 bridgehead atoms. The van der Waals surface area contributed by atoms with E-state index in [1.807, 2.05) is 6.92 Å². The van der Waals surface area contributed by atoms with E-state index in [2.05, 4.69) is 34.6 Å². The van der Waals surface area contributed by atoms with Gasteiger partial charge in [0.2, 0.25) is 0 Å². The molecule has 2 heterocycles. The van der Waals surface area contributed by atoms with Gasteiger partial charge in [0.1, 0.15) is 5.60 Å². The summed E-state index contributed by atoms with van der Waals surface area (Å²) in [6, 6.07) is 0. The van der Waals surface area contributed by atoms with E-state index in [-0.39, 0.29) is 40.7 Å². The predicted molar refractivity (Wildman–Crippen MR) is 125 cm³/mol. The van der Waals surface area contributed by atoms with E-state index >= 15 is 0 Å². The van der Waals surface area contributed by atoms with E-state index in [1.54, 1.807) is 0 Å². The molecule has 5 nitrogen and oxygen atoms in total. The molecule has 33 heavy (non-hydrogen) atoms. The Labute approximate surface area is 199 Å². The molecule has 13 atom stereocenters. The van der Waals surface area contributed by atoms with Gasteiger partial charge in [0.15, 0.2) is 5.79 Å². The summed E-state index contributed by atoms with van der Waals surface area (Å²) in [6.45, 7) is 13.1. The van der Waals surface area contributed by atoms with Crippen molar-refractivity contribution >= 4 is 0 Å². The Morgan fingerprint density at radius 2 is 1.61 bits per heavy atom. The van der Waals surface area contributed by atoms with Gasteiger partial charge in [0.05, 0.1) is 23.9 Å². The van der Waals surface area contributed by atoms with Gasteiger partial charge in [-0.05, 0) is 106 Å². The molecule has 6 aliphatic rings. The molecule has 5 heteroatoms. The lowest BCUT2D eigenvalue weighted by Crippen LogP contribution is -2.62. The smallest absolute Gasteiger partial charge is 0.198 e. The van der Waals surface area contributed by atoms with E-state index in [9.17, 15) is 15.3 Å². The van der Waals surface area contributed by atoms with Crippen LogP contribution in [-0.4, -0.2) is 50.6 Å². The van der Waals surface area contributed by atoms with Crippen LogP contribution in [0.2, 0.25) is 0 Å². The van der Waals surface area contributed by atoms with E-state index in [1.165, 1.54) is 0 Å². The molecule has 0 radical (unpaired) electrons. The van der Waals surface area contributed by atoms with E-state index < -0.39 is 11.4 Å². The molecule has 188 valence electrons. The molecule has 2 aliphatic heterocycles. The minimum atomic E-state index is -1.08. The van der Waals surface area contributed by atoms with E-state index in [0.29, 0.717) is 29.6 Å². The van der Waals surface area contributed by atoms with Crippen molar-refractivity contribution in [1.29, 1.82) is 0 Å². The molecule has 6 fully saturated rings. The van der Waals surface area contributed by atoms with Crippen LogP contribution in [0.1, 0.15) is 92.9 Å². The van der Waals surface area contributed by atoms with Gasteiger partial charge in [0.25, 0.3) is 0 Å². The summed E-state index contributed by atoms with van der Waals surface area (Å²) in [5.74, 6) is 1.08. The molecule has 0 aromatic heterocycles. The van der Waals surface area contributed by atoms with Crippen molar-refractivity contribution in [3.63, 3.8) is 0 Å². The lowest BCUT2D eigenvalue weighted by atomic mass is 9.43. The SMILES string of the molecule is C[C@H]1C[C@]2(O[C@H]3C[C@H]4[C@@H]5CC[C@H]6C[C@H](O)CC[C@]6(C)[C@H]5[C@@H](O)C[C@]4(C)[C@H]3[C@]2(C)O)OC1(C)C. The normalized spacial score (nSPS) is 63.7. The molecule has 6 rings (SSSR count). The molecule has 0 unspecified atom stereocenters. The summed E-state index contributed by atoms with van der Waals surface area (Å²) in [4.78, 5) is 0. The topological polar surface area (TPSA) is 79.2 Å². The predicted octanol–water partition coefficient (Wildman–Crippen LogP) is 4.27. The first-order valence-electron chi connectivity index (χ1n) is 13.7. The first-order chi connectivity index (χ1) is 15.3. The standard InChI is InChI=1S/C28H46O5/c1-15-13-28(33-24(15,2)3)27(6,31)23-21(32-28)12-19-18-8-7-16-11-17(29)9-10-25(16,4)22(18)20(30)14-26(19,23)5/h15-23,29-31H,7-14H2,1-6H3/t15-,16-,17+,18-,19-,20-,21-,22+,23-,25-,26-,27-,28-/m0/s1. The highest BCUT2D eigenvalue weighted by atomic mass is 16.7. The number of rotatable bonds is 0. The van der Waals surface area contributed by atoms with Crippen molar-refractivity contribution in [3.8, 4) is 0 Å². The number of hydrogen-bond acceptors (Lipinski definition) is 5. The van der Waals surface area contributed by atoms with Gasteiger partial charge in [-0.25, -0.2) is 0 Å². The van der Waals surface area contributed by atoms with Crippen molar-refractivity contribution < 1.29 is 24.8 Å². The van der Waals surface area contributed by atoms with Crippen molar-refractivity contribution in [2.24, 2.45) is 46.3 Å². The van der Waals surface area contributed by atoms with Gasteiger partial charge >= 0.3 is 0 Å². The Balaban J connectivity index is 1.34. The Morgan fingerprint density at radius 1 is 0.879 bits per heavy atom. The summed E-state index contributed by atoms with van der Waals surface area (Å²) >= 11 is 0. The monoisotopic (exact) mass is 462 g/mol. The van der Waals surface area contributed by atoms with Crippen LogP contribution in [-0.2, 0) is 9.47 Å². The van der Waals surface area contributed by atoms with Crippen LogP contribution in [0.4, 0.5) is 0 Å². The number of aliphatic hydroxyl groups is 3. The molecule has 0 aromatic rings. The quantitative estimate of drug-likeness (QED) is 0.501. The lowest BCUT2D eigenvalue weighted by molar-refractivity contribution is -0.300. The van der Waals surface area contributed by atoms with E-state index in [4.69, 9.17) is 9.47 Å². The zero-order valence-corrected chi connectivity index (χ0v) is 21.5. The first kappa shape index (κ1) is 23.2. The summed E-state index contributed by atoms with van der Waals surface area (Å²) in [6.07, 6.45) is 6.94. The minimum Gasteiger partial charge on any atom is -0.393 e. The van der Waals surface area contributed by atoms with Gasteiger partial charge in [-0.3, -0.25) is 0 Å². The van der Waals surface area contributed by atoms with Gasteiger partial charge in [0, 0.05) is 12.3 Å². The second-order valence-electron chi connectivity index (χ2n) is 14.4. The van der Waals surface area contributed by atoms with Crippen molar-refractivity contribution in [3.05, 3.63) is 0 Å². The van der Waals surface area contributed by atoms with E-state index in [0.717, 1.165) is 51.4 Å². The van der Waals surface area contributed by atoms with Crippen molar-refractivity contribution in [1.82, 2.24) is 0 Å². The maximum atomic E-state index is 12.2. The van der Waals surface area contributed by atoms with Crippen LogP contribution in [0, 0.1) is 46.3 Å². The maximum absolute atomic E-state index is 12.2. The third-order valence-corrected chi connectivity index (χ3v) is 12.5.